The van der Waals surface area contributed by atoms with Crippen LogP contribution in [0.4, 0.5) is 18.9 Å². The van der Waals surface area contributed by atoms with Gasteiger partial charge < -0.3 is 24.8 Å². The monoisotopic (exact) mass is 378 g/mol. The molecule has 1 aliphatic heterocycles. The van der Waals surface area contributed by atoms with E-state index in [1.54, 1.807) is 0 Å². The van der Waals surface area contributed by atoms with Gasteiger partial charge in [0.15, 0.2) is 5.11 Å². The minimum atomic E-state index is -4.70. The van der Waals surface area contributed by atoms with Crippen molar-refractivity contribution in [2.75, 3.05) is 31.7 Å². The highest BCUT2D eigenvalue weighted by Crippen LogP contribution is 2.23. The van der Waals surface area contributed by atoms with Gasteiger partial charge in [-0.3, -0.25) is 0 Å². The van der Waals surface area contributed by atoms with Crippen molar-refractivity contribution in [3.63, 3.8) is 0 Å². The quantitative estimate of drug-likeness (QED) is 0.534. The Bertz CT molecular complexity index is 534. The van der Waals surface area contributed by atoms with Crippen molar-refractivity contribution in [2.24, 2.45) is 0 Å². The van der Waals surface area contributed by atoms with Crippen molar-refractivity contribution in [3.05, 3.63) is 24.3 Å². The molecule has 0 aromatic heterocycles. The zero-order chi connectivity index (χ0) is 18.1. The molecule has 0 bridgehead atoms. The summed E-state index contributed by atoms with van der Waals surface area (Å²) < 4.78 is 51.0. The van der Waals surface area contributed by atoms with Gasteiger partial charge in [-0.2, -0.15) is 0 Å². The van der Waals surface area contributed by atoms with Gasteiger partial charge in [-0.25, -0.2) is 0 Å². The molecule has 0 unspecified atom stereocenters. The average molecular weight is 378 g/mol. The number of alkyl halides is 3. The maximum atomic E-state index is 12.1. The summed E-state index contributed by atoms with van der Waals surface area (Å²) in [5.74, 6) is -0.277. The van der Waals surface area contributed by atoms with E-state index in [1.807, 2.05) is 0 Å². The highest BCUT2D eigenvalue weighted by atomic mass is 32.1. The first-order chi connectivity index (χ1) is 11.9. The molecule has 0 spiro atoms. The predicted molar refractivity (Wildman–Crippen MR) is 91.8 cm³/mol. The highest BCUT2D eigenvalue weighted by Gasteiger charge is 2.30. The summed E-state index contributed by atoms with van der Waals surface area (Å²) in [5, 5.41) is 6.29. The molecule has 1 aliphatic rings. The van der Waals surface area contributed by atoms with Gasteiger partial charge in [-0.05, 0) is 55.7 Å². The molecule has 1 fully saturated rings. The van der Waals surface area contributed by atoms with E-state index in [0.29, 0.717) is 30.6 Å². The lowest BCUT2D eigenvalue weighted by atomic mass is 10.2. The molecule has 140 valence electrons. The molecule has 1 heterocycles. The van der Waals surface area contributed by atoms with Gasteiger partial charge in [-0.1, -0.05) is 0 Å². The van der Waals surface area contributed by atoms with Crippen LogP contribution in [-0.4, -0.2) is 43.9 Å². The maximum absolute atomic E-state index is 12.1. The van der Waals surface area contributed by atoms with Crippen molar-refractivity contribution in [1.82, 2.24) is 5.32 Å². The van der Waals surface area contributed by atoms with Gasteiger partial charge in [-0.15, -0.1) is 13.2 Å². The second-order valence-electron chi connectivity index (χ2n) is 5.52. The Morgan fingerprint density at radius 3 is 2.68 bits per heavy atom. The average Bonchev–Trinajstić information content (AvgIpc) is 3.04. The number of benzene rings is 1. The Labute approximate surface area is 149 Å². The van der Waals surface area contributed by atoms with E-state index in [9.17, 15) is 13.2 Å². The number of halogens is 3. The van der Waals surface area contributed by atoms with E-state index in [-0.39, 0.29) is 11.9 Å². The van der Waals surface area contributed by atoms with Crippen molar-refractivity contribution < 1.29 is 27.4 Å². The van der Waals surface area contributed by atoms with Crippen LogP contribution in [0.15, 0.2) is 24.3 Å². The molecule has 1 saturated heterocycles. The summed E-state index contributed by atoms with van der Waals surface area (Å²) in [6.45, 7) is 2.68. The molecule has 0 aliphatic carbocycles. The number of nitrogens with one attached hydrogen (secondary N) is 2. The standard InChI is InChI=1S/C16H21F3N2O3S/c17-16(18,19)24-13-6-4-12(5-7-13)21-15(25)20-8-2-9-22-11-14-3-1-10-23-14/h4-7,14H,1-3,8-11H2,(H2,20,21,25)/t14-/m0/s1. The number of rotatable bonds is 8. The van der Waals surface area contributed by atoms with Crippen LogP contribution >= 0.6 is 12.2 Å². The SMILES string of the molecule is FC(F)(F)Oc1ccc(NC(=S)NCCCOC[C@@H]2CCCO2)cc1. The third-order valence-electron chi connectivity index (χ3n) is 3.42. The summed E-state index contributed by atoms with van der Waals surface area (Å²) in [6, 6.07) is 5.36. The van der Waals surface area contributed by atoms with Crippen molar-refractivity contribution in [1.29, 1.82) is 0 Å². The molecule has 9 heteroatoms. The van der Waals surface area contributed by atoms with Crippen molar-refractivity contribution in [3.8, 4) is 5.75 Å². The lowest BCUT2D eigenvalue weighted by molar-refractivity contribution is -0.274. The summed E-state index contributed by atoms with van der Waals surface area (Å²) in [6.07, 6.45) is -1.54. The Balaban J connectivity index is 1.56. The largest absolute Gasteiger partial charge is 0.573 e. The van der Waals surface area contributed by atoms with Crippen LogP contribution in [0.3, 0.4) is 0 Å². The molecule has 5 nitrogen and oxygen atoms in total. The highest BCUT2D eigenvalue weighted by molar-refractivity contribution is 7.80. The molecule has 0 saturated carbocycles. The van der Waals surface area contributed by atoms with Crippen LogP contribution in [0, 0.1) is 0 Å². The molecule has 25 heavy (non-hydrogen) atoms. The smallest absolute Gasteiger partial charge is 0.406 e. The van der Waals surface area contributed by atoms with Crippen LogP contribution < -0.4 is 15.4 Å². The second-order valence-corrected chi connectivity index (χ2v) is 5.92. The van der Waals surface area contributed by atoms with E-state index in [0.717, 1.165) is 25.9 Å². The van der Waals surface area contributed by atoms with E-state index in [1.165, 1.54) is 24.3 Å². The van der Waals surface area contributed by atoms with E-state index in [2.05, 4.69) is 15.4 Å². The fraction of sp³-hybridized carbons (Fsp3) is 0.562. The Hall–Kier alpha value is -1.58. The fourth-order valence-corrected chi connectivity index (χ4v) is 2.50. The van der Waals surface area contributed by atoms with Gasteiger partial charge in [0.1, 0.15) is 5.75 Å². The maximum Gasteiger partial charge on any atom is 0.573 e. The van der Waals surface area contributed by atoms with Gasteiger partial charge in [0, 0.05) is 25.4 Å². The second kappa shape index (κ2) is 9.79. The third kappa shape index (κ3) is 8.37. The van der Waals surface area contributed by atoms with Gasteiger partial charge in [0.25, 0.3) is 0 Å². The number of anilines is 1. The molecule has 1 atom stereocenters. The van der Waals surface area contributed by atoms with E-state index < -0.39 is 6.36 Å². The molecule has 0 radical (unpaired) electrons. The number of hydrogen-bond acceptors (Lipinski definition) is 4. The predicted octanol–water partition coefficient (Wildman–Crippen LogP) is 3.46. The van der Waals surface area contributed by atoms with Crippen LogP contribution in [-0.2, 0) is 9.47 Å². The van der Waals surface area contributed by atoms with Crippen molar-refractivity contribution >= 4 is 23.0 Å². The number of hydrogen-bond donors (Lipinski definition) is 2. The normalized spacial score (nSPS) is 17.3. The molecular formula is C16H21F3N2O3S. The number of thiocarbonyl (C=S) groups is 1. The summed E-state index contributed by atoms with van der Waals surface area (Å²) in [5.41, 5.74) is 0.571. The third-order valence-corrected chi connectivity index (χ3v) is 3.67. The zero-order valence-electron chi connectivity index (χ0n) is 13.6. The first kappa shape index (κ1) is 19.7. The first-order valence-electron chi connectivity index (χ1n) is 8.02. The molecule has 2 rings (SSSR count). The molecule has 0 amide bonds. The van der Waals surface area contributed by atoms with Crippen molar-refractivity contribution in [2.45, 2.75) is 31.7 Å². The molecule has 2 N–H and O–H groups in total. The van der Waals surface area contributed by atoms with Gasteiger partial charge in [0.2, 0.25) is 0 Å². The first-order valence-corrected chi connectivity index (χ1v) is 8.43. The fourth-order valence-electron chi connectivity index (χ4n) is 2.28. The Morgan fingerprint density at radius 1 is 1.28 bits per heavy atom. The topological polar surface area (TPSA) is 51.8 Å². The Kier molecular flexibility index (Phi) is 7.73. The van der Waals surface area contributed by atoms with Crippen LogP contribution in [0.2, 0.25) is 0 Å². The summed E-state index contributed by atoms with van der Waals surface area (Å²) in [7, 11) is 0. The molecular weight excluding hydrogens is 357 g/mol. The van der Waals surface area contributed by atoms with Crippen LogP contribution in [0.5, 0.6) is 5.75 Å². The lowest BCUT2D eigenvalue weighted by Gasteiger charge is -2.13. The summed E-state index contributed by atoms with van der Waals surface area (Å²) in [4.78, 5) is 0. The minimum absolute atomic E-state index is 0.222. The van der Waals surface area contributed by atoms with Crippen LogP contribution in [0.1, 0.15) is 19.3 Å². The van der Waals surface area contributed by atoms with E-state index >= 15 is 0 Å². The lowest BCUT2D eigenvalue weighted by Crippen LogP contribution is -2.30. The molecule has 1 aromatic rings. The zero-order valence-corrected chi connectivity index (χ0v) is 14.4. The Morgan fingerprint density at radius 2 is 2.04 bits per heavy atom. The molecule has 1 aromatic carbocycles. The van der Waals surface area contributed by atoms with E-state index in [4.69, 9.17) is 21.7 Å². The van der Waals surface area contributed by atoms with Gasteiger partial charge >= 0.3 is 6.36 Å². The summed E-state index contributed by atoms with van der Waals surface area (Å²) >= 11 is 5.13. The minimum Gasteiger partial charge on any atom is -0.406 e. The van der Waals surface area contributed by atoms with Crippen LogP contribution in [0.25, 0.3) is 0 Å². The number of ether oxygens (including phenoxy) is 3. The van der Waals surface area contributed by atoms with Gasteiger partial charge in [0.05, 0.1) is 12.7 Å².